The molecule has 18 heavy (non-hydrogen) atoms. The fraction of sp³-hybridized carbons (Fsp3) is 0.688. The van der Waals surface area contributed by atoms with Crippen molar-refractivity contribution >= 4 is 5.97 Å². The van der Waals surface area contributed by atoms with Crippen LogP contribution >= 0.6 is 0 Å². The standard InChI is InChI=1S/C16H22O2/c1-3-15(17)18-5-4-16(2)9-11-6-12-8-13(10-16)14(12)7-11/h3,10-12,14H,1,4-9H2,2H3. The zero-order valence-corrected chi connectivity index (χ0v) is 11.2. The van der Waals surface area contributed by atoms with E-state index in [1.165, 1.54) is 31.8 Å². The summed E-state index contributed by atoms with van der Waals surface area (Å²) >= 11 is 0. The van der Waals surface area contributed by atoms with Crippen molar-refractivity contribution in [3.63, 3.8) is 0 Å². The molecule has 2 bridgehead atoms. The summed E-state index contributed by atoms with van der Waals surface area (Å²) in [6.45, 7) is 6.27. The third kappa shape index (κ3) is 2.02. The van der Waals surface area contributed by atoms with Gasteiger partial charge in [-0.25, -0.2) is 4.79 Å². The molecule has 0 spiro atoms. The van der Waals surface area contributed by atoms with Gasteiger partial charge in [0.2, 0.25) is 0 Å². The van der Waals surface area contributed by atoms with Crippen molar-refractivity contribution in [3.8, 4) is 0 Å². The van der Waals surface area contributed by atoms with Gasteiger partial charge in [0.25, 0.3) is 0 Å². The second kappa shape index (κ2) is 4.25. The number of esters is 1. The molecule has 0 amide bonds. The molecule has 4 atom stereocenters. The van der Waals surface area contributed by atoms with Crippen LogP contribution in [0.1, 0.15) is 39.0 Å². The van der Waals surface area contributed by atoms with Crippen LogP contribution in [0, 0.1) is 23.2 Å². The Bertz CT molecular complexity index is 409. The molecule has 0 heterocycles. The van der Waals surface area contributed by atoms with Gasteiger partial charge in [-0.1, -0.05) is 25.2 Å². The highest BCUT2D eigenvalue weighted by molar-refractivity contribution is 5.81. The topological polar surface area (TPSA) is 26.3 Å². The number of carbonyl (C=O) groups excluding carboxylic acids is 1. The SMILES string of the molecule is C=CC(=O)OCCC1(C)C=C2CC3CC(CC23)C1. The molecule has 0 saturated heterocycles. The summed E-state index contributed by atoms with van der Waals surface area (Å²) in [5, 5.41) is 0. The molecule has 0 aliphatic heterocycles. The van der Waals surface area contributed by atoms with Crippen LogP contribution in [0.5, 0.6) is 0 Å². The Hall–Kier alpha value is -1.05. The maximum absolute atomic E-state index is 11.1. The van der Waals surface area contributed by atoms with E-state index in [-0.39, 0.29) is 11.4 Å². The van der Waals surface area contributed by atoms with Gasteiger partial charge in [-0.2, -0.15) is 0 Å². The van der Waals surface area contributed by atoms with Crippen molar-refractivity contribution in [2.45, 2.75) is 39.0 Å². The lowest BCUT2D eigenvalue weighted by Crippen LogP contribution is -2.28. The first kappa shape index (κ1) is 12.0. The van der Waals surface area contributed by atoms with Gasteiger partial charge < -0.3 is 4.74 Å². The van der Waals surface area contributed by atoms with E-state index in [0.29, 0.717) is 6.61 Å². The zero-order chi connectivity index (χ0) is 12.8. The number of fused-ring (bicyclic) bond motifs is 1. The largest absolute Gasteiger partial charge is 0.463 e. The molecule has 2 fully saturated rings. The molecule has 3 aliphatic rings. The zero-order valence-electron chi connectivity index (χ0n) is 11.2. The number of rotatable bonds is 4. The van der Waals surface area contributed by atoms with Crippen LogP contribution in [-0.2, 0) is 9.53 Å². The van der Waals surface area contributed by atoms with E-state index in [1.807, 2.05) is 0 Å². The summed E-state index contributed by atoms with van der Waals surface area (Å²) in [7, 11) is 0. The molecule has 2 nitrogen and oxygen atoms in total. The number of carbonyl (C=O) groups is 1. The van der Waals surface area contributed by atoms with E-state index in [2.05, 4.69) is 19.6 Å². The first-order valence-electron chi connectivity index (χ1n) is 7.10. The van der Waals surface area contributed by atoms with E-state index in [1.54, 1.807) is 5.57 Å². The van der Waals surface area contributed by atoms with Crippen molar-refractivity contribution < 1.29 is 9.53 Å². The van der Waals surface area contributed by atoms with Crippen molar-refractivity contribution in [2.75, 3.05) is 6.61 Å². The van der Waals surface area contributed by atoms with Gasteiger partial charge in [0.1, 0.15) is 0 Å². The second-order valence-electron chi connectivity index (χ2n) is 6.61. The van der Waals surface area contributed by atoms with Crippen molar-refractivity contribution in [3.05, 3.63) is 24.3 Å². The second-order valence-corrected chi connectivity index (χ2v) is 6.61. The molecular weight excluding hydrogens is 224 g/mol. The summed E-state index contributed by atoms with van der Waals surface area (Å²) in [6.07, 6.45) is 10.2. The van der Waals surface area contributed by atoms with Crippen LogP contribution in [-0.4, -0.2) is 12.6 Å². The highest BCUT2D eigenvalue weighted by Gasteiger charge is 2.48. The van der Waals surface area contributed by atoms with Gasteiger partial charge in [-0.15, -0.1) is 0 Å². The minimum Gasteiger partial charge on any atom is -0.463 e. The molecule has 2 saturated carbocycles. The minimum absolute atomic E-state index is 0.238. The molecule has 3 rings (SSSR count). The number of ether oxygens (including phenoxy) is 1. The van der Waals surface area contributed by atoms with Crippen molar-refractivity contribution in [1.29, 1.82) is 0 Å². The summed E-state index contributed by atoms with van der Waals surface area (Å²) in [4.78, 5) is 11.1. The Morgan fingerprint density at radius 1 is 1.61 bits per heavy atom. The van der Waals surface area contributed by atoms with Gasteiger partial charge in [-0.3, -0.25) is 0 Å². The molecule has 98 valence electrons. The predicted molar refractivity (Wildman–Crippen MR) is 70.9 cm³/mol. The van der Waals surface area contributed by atoms with Gasteiger partial charge in [0.05, 0.1) is 6.61 Å². The van der Waals surface area contributed by atoms with Crippen LogP contribution in [0.15, 0.2) is 24.3 Å². The third-order valence-electron chi connectivity index (χ3n) is 5.14. The summed E-state index contributed by atoms with van der Waals surface area (Å²) in [5.74, 6) is 2.51. The normalized spacial score (nSPS) is 40.5. The lowest BCUT2D eigenvalue weighted by atomic mass is 9.67. The molecule has 0 N–H and O–H groups in total. The lowest BCUT2D eigenvalue weighted by Gasteiger charge is -2.38. The molecule has 0 radical (unpaired) electrons. The molecule has 4 unspecified atom stereocenters. The Morgan fingerprint density at radius 3 is 3.22 bits per heavy atom. The van der Waals surface area contributed by atoms with Gasteiger partial charge >= 0.3 is 5.97 Å². The molecule has 0 aromatic heterocycles. The average molecular weight is 246 g/mol. The first-order valence-corrected chi connectivity index (χ1v) is 7.10. The fourth-order valence-electron chi connectivity index (χ4n) is 4.33. The lowest BCUT2D eigenvalue weighted by molar-refractivity contribution is -0.138. The van der Waals surface area contributed by atoms with Crippen LogP contribution in [0.4, 0.5) is 0 Å². The number of allylic oxidation sites excluding steroid dienone is 2. The maximum atomic E-state index is 11.1. The van der Waals surface area contributed by atoms with Crippen LogP contribution in [0.2, 0.25) is 0 Å². The quantitative estimate of drug-likeness (QED) is 0.431. The number of hydrogen-bond acceptors (Lipinski definition) is 2. The highest BCUT2D eigenvalue weighted by Crippen LogP contribution is 2.59. The Kier molecular flexibility index (Phi) is 2.84. The minimum atomic E-state index is -0.301. The molecular formula is C16H22O2. The van der Waals surface area contributed by atoms with Crippen molar-refractivity contribution in [2.24, 2.45) is 23.2 Å². The Balaban J connectivity index is 1.63. The summed E-state index contributed by atoms with van der Waals surface area (Å²) in [6, 6.07) is 0. The van der Waals surface area contributed by atoms with Crippen LogP contribution < -0.4 is 0 Å². The van der Waals surface area contributed by atoms with E-state index in [9.17, 15) is 4.79 Å². The monoisotopic (exact) mass is 246 g/mol. The molecule has 2 heteroatoms. The van der Waals surface area contributed by atoms with E-state index in [4.69, 9.17) is 4.74 Å². The van der Waals surface area contributed by atoms with E-state index >= 15 is 0 Å². The first-order chi connectivity index (χ1) is 8.59. The van der Waals surface area contributed by atoms with Gasteiger partial charge in [0.15, 0.2) is 0 Å². The summed E-state index contributed by atoms with van der Waals surface area (Å²) in [5.41, 5.74) is 1.93. The molecule has 0 aromatic rings. The van der Waals surface area contributed by atoms with E-state index in [0.717, 1.165) is 24.2 Å². The Morgan fingerprint density at radius 2 is 2.44 bits per heavy atom. The smallest absolute Gasteiger partial charge is 0.330 e. The van der Waals surface area contributed by atoms with Gasteiger partial charge in [-0.05, 0) is 55.3 Å². The van der Waals surface area contributed by atoms with Crippen molar-refractivity contribution in [1.82, 2.24) is 0 Å². The van der Waals surface area contributed by atoms with Crippen LogP contribution in [0.3, 0.4) is 0 Å². The highest BCUT2D eigenvalue weighted by atomic mass is 16.5. The number of hydrogen-bond donors (Lipinski definition) is 0. The van der Waals surface area contributed by atoms with Crippen LogP contribution in [0.25, 0.3) is 0 Å². The third-order valence-corrected chi connectivity index (χ3v) is 5.14. The predicted octanol–water partition coefficient (Wildman–Crippen LogP) is 3.49. The Labute approximate surface area is 109 Å². The van der Waals surface area contributed by atoms with Gasteiger partial charge in [0, 0.05) is 6.08 Å². The molecule has 3 aliphatic carbocycles. The fourth-order valence-corrected chi connectivity index (χ4v) is 4.33. The van der Waals surface area contributed by atoms with E-state index < -0.39 is 0 Å². The summed E-state index contributed by atoms with van der Waals surface area (Å²) < 4.78 is 5.14. The molecule has 0 aromatic carbocycles. The maximum Gasteiger partial charge on any atom is 0.330 e. The average Bonchev–Trinajstić information content (AvgIpc) is 2.56.